The summed E-state index contributed by atoms with van der Waals surface area (Å²) in [6.45, 7) is 2.92. The second-order valence-corrected chi connectivity index (χ2v) is 6.61. The summed E-state index contributed by atoms with van der Waals surface area (Å²) in [6, 6.07) is 15.5. The Hall–Kier alpha value is -2.99. The predicted molar refractivity (Wildman–Crippen MR) is 101 cm³/mol. The third-order valence-electron chi connectivity index (χ3n) is 3.94. The zero-order chi connectivity index (χ0) is 17.2. The summed E-state index contributed by atoms with van der Waals surface area (Å²) in [4.78, 5) is 22.8. The van der Waals surface area contributed by atoms with Crippen molar-refractivity contribution in [1.29, 1.82) is 0 Å². The number of aryl methyl sites for hydroxylation is 1. The first-order valence-electron chi connectivity index (χ1n) is 8.03. The molecule has 1 N–H and O–H groups in total. The van der Waals surface area contributed by atoms with E-state index in [1.54, 1.807) is 18.5 Å². The number of carbonyl (C=O) groups excluding carboxylic acids is 1. The van der Waals surface area contributed by atoms with Crippen molar-refractivity contribution in [3.63, 3.8) is 0 Å². The molecule has 0 saturated carbocycles. The minimum atomic E-state index is -0.136. The molecule has 4 rings (SSSR count). The Labute approximate surface area is 149 Å². The van der Waals surface area contributed by atoms with Crippen molar-refractivity contribution in [2.75, 3.05) is 5.32 Å². The molecule has 0 saturated heterocycles. The number of thiophene rings is 1. The van der Waals surface area contributed by atoms with Gasteiger partial charge in [-0.2, -0.15) is 0 Å². The van der Waals surface area contributed by atoms with Crippen LogP contribution in [0.2, 0.25) is 0 Å². The van der Waals surface area contributed by atoms with Crippen LogP contribution in [0.25, 0.3) is 21.7 Å². The second kappa shape index (κ2) is 6.49. The lowest BCUT2D eigenvalue weighted by Gasteiger charge is -2.04. The van der Waals surface area contributed by atoms with E-state index in [-0.39, 0.29) is 5.91 Å². The Kier molecular flexibility index (Phi) is 4.03. The Bertz CT molecular complexity index is 1040. The first kappa shape index (κ1) is 15.5. The molecule has 0 radical (unpaired) electrons. The number of nitrogens with zero attached hydrogens (tertiary/aromatic N) is 3. The molecule has 3 aromatic heterocycles. The van der Waals surface area contributed by atoms with E-state index in [4.69, 9.17) is 4.98 Å². The lowest BCUT2D eigenvalue weighted by atomic mass is 10.3. The van der Waals surface area contributed by atoms with E-state index in [9.17, 15) is 4.79 Å². The number of hydrogen-bond donors (Lipinski definition) is 1. The fourth-order valence-electron chi connectivity index (χ4n) is 2.79. The van der Waals surface area contributed by atoms with Crippen LogP contribution in [0.3, 0.4) is 0 Å². The largest absolute Gasteiger partial charge is 0.324 e. The van der Waals surface area contributed by atoms with Crippen LogP contribution in [-0.2, 0) is 6.54 Å². The molecule has 25 heavy (non-hydrogen) atoms. The summed E-state index contributed by atoms with van der Waals surface area (Å²) in [5, 5.41) is 2.86. The lowest BCUT2D eigenvalue weighted by Crippen LogP contribution is -2.09. The summed E-state index contributed by atoms with van der Waals surface area (Å²) >= 11 is 1.44. The van der Waals surface area contributed by atoms with Gasteiger partial charge in [0.1, 0.15) is 0 Å². The molecule has 0 spiro atoms. The average molecular weight is 348 g/mol. The summed E-state index contributed by atoms with van der Waals surface area (Å²) in [6.07, 6.45) is 3.30. The highest BCUT2D eigenvalue weighted by atomic mass is 32.1. The highest BCUT2D eigenvalue weighted by Crippen LogP contribution is 2.30. The summed E-state index contributed by atoms with van der Waals surface area (Å²) in [5.41, 5.74) is 2.76. The van der Waals surface area contributed by atoms with Gasteiger partial charge in [-0.3, -0.25) is 9.78 Å². The molecule has 0 fully saturated rings. The predicted octanol–water partition coefficient (Wildman–Crippen LogP) is 4.43. The van der Waals surface area contributed by atoms with Crippen molar-refractivity contribution >= 4 is 34.0 Å². The highest BCUT2D eigenvalue weighted by Gasteiger charge is 2.16. The number of carbonyl (C=O) groups is 1. The van der Waals surface area contributed by atoms with Crippen molar-refractivity contribution in [3.05, 3.63) is 65.8 Å². The zero-order valence-corrected chi connectivity index (χ0v) is 14.5. The van der Waals surface area contributed by atoms with Gasteiger partial charge in [-0.15, -0.1) is 11.3 Å². The molecule has 0 bridgehead atoms. The molecular weight excluding hydrogens is 332 g/mol. The molecular formula is C19H16N4OS. The van der Waals surface area contributed by atoms with Gasteiger partial charge in [0.25, 0.3) is 5.91 Å². The minimum Gasteiger partial charge on any atom is -0.324 e. The zero-order valence-electron chi connectivity index (χ0n) is 13.6. The van der Waals surface area contributed by atoms with Crippen LogP contribution in [0, 0.1) is 0 Å². The standard InChI is InChI=1S/C19H16N4OS/c1-2-23-15-8-4-3-7-14(15)22-18(23)16-9-10-17(25-16)19(24)21-13-6-5-11-20-12-13/h3-12H,2H2,1H3,(H,21,24). The van der Waals surface area contributed by atoms with Crippen LogP contribution in [0.1, 0.15) is 16.6 Å². The van der Waals surface area contributed by atoms with E-state index < -0.39 is 0 Å². The third-order valence-corrected chi connectivity index (χ3v) is 5.02. The topological polar surface area (TPSA) is 59.8 Å². The van der Waals surface area contributed by atoms with Crippen molar-refractivity contribution in [2.24, 2.45) is 0 Å². The molecule has 0 atom stereocenters. The number of hydrogen-bond acceptors (Lipinski definition) is 4. The van der Waals surface area contributed by atoms with Crippen molar-refractivity contribution in [1.82, 2.24) is 14.5 Å². The van der Waals surface area contributed by atoms with E-state index >= 15 is 0 Å². The van der Waals surface area contributed by atoms with Crippen molar-refractivity contribution in [3.8, 4) is 10.7 Å². The molecule has 0 aliphatic rings. The third kappa shape index (κ3) is 2.92. The SMILES string of the molecule is CCn1c(-c2ccc(C(=O)Nc3cccnc3)s2)nc2ccccc21. The number of aromatic nitrogens is 3. The van der Waals surface area contributed by atoms with Gasteiger partial charge in [-0.25, -0.2) is 4.98 Å². The molecule has 4 aromatic rings. The first-order chi connectivity index (χ1) is 12.3. The second-order valence-electron chi connectivity index (χ2n) is 5.53. The van der Waals surface area contributed by atoms with Crippen LogP contribution >= 0.6 is 11.3 Å². The number of rotatable bonds is 4. The number of pyridine rings is 1. The van der Waals surface area contributed by atoms with Crippen LogP contribution in [0.5, 0.6) is 0 Å². The van der Waals surface area contributed by atoms with Crippen LogP contribution < -0.4 is 5.32 Å². The van der Waals surface area contributed by atoms with E-state index in [2.05, 4.69) is 27.9 Å². The maximum atomic E-state index is 12.4. The van der Waals surface area contributed by atoms with Gasteiger partial charge < -0.3 is 9.88 Å². The number of para-hydroxylation sites is 2. The summed E-state index contributed by atoms with van der Waals surface area (Å²) in [7, 11) is 0. The van der Waals surface area contributed by atoms with Crippen LogP contribution in [0.4, 0.5) is 5.69 Å². The number of amides is 1. The van der Waals surface area contributed by atoms with Crippen LogP contribution in [0.15, 0.2) is 60.9 Å². The van der Waals surface area contributed by atoms with Crippen LogP contribution in [-0.4, -0.2) is 20.4 Å². The van der Waals surface area contributed by atoms with E-state index in [0.717, 1.165) is 28.3 Å². The normalized spacial score (nSPS) is 10.9. The Morgan fingerprint density at radius 1 is 1.16 bits per heavy atom. The Morgan fingerprint density at radius 3 is 2.84 bits per heavy atom. The fraction of sp³-hybridized carbons (Fsp3) is 0.105. The molecule has 3 heterocycles. The van der Waals surface area contributed by atoms with Gasteiger partial charge in [0, 0.05) is 12.7 Å². The monoisotopic (exact) mass is 348 g/mol. The lowest BCUT2D eigenvalue weighted by molar-refractivity contribution is 0.103. The fourth-order valence-corrected chi connectivity index (χ4v) is 3.69. The van der Waals surface area contributed by atoms with Gasteiger partial charge in [-0.1, -0.05) is 12.1 Å². The van der Waals surface area contributed by atoms with Crippen molar-refractivity contribution in [2.45, 2.75) is 13.5 Å². The molecule has 5 nitrogen and oxygen atoms in total. The molecule has 124 valence electrons. The minimum absolute atomic E-state index is 0.136. The van der Waals surface area contributed by atoms with Gasteiger partial charge in [-0.05, 0) is 43.3 Å². The molecule has 6 heteroatoms. The van der Waals surface area contributed by atoms with E-state index in [0.29, 0.717) is 10.6 Å². The quantitative estimate of drug-likeness (QED) is 0.593. The Balaban J connectivity index is 1.66. The van der Waals surface area contributed by atoms with Gasteiger partial charge in [0.05, 0.1) is 32.7 Å². The highest BCUT2D eigenvalue weighted by molar-refractivity contribution is 7.17. The number of imidazole rings is 1. The molecule has 1 amide bonds. The van der Waals surface area contributed by atoms with Gasteiger partial charge >= 0.3 is 0 Å². The van der Waals surface area contributed by atoms with E-state index in [1.807, 2.05) is 36.4 Å². The van der Waals surface area contributed by atoms with Gasteiger partial charge in [0.2, 0.25) is 0 Å². The number of benzene rings is 1. The molecule has 1 aromatic carbocycles. The molecule has 0 unspecified atom stereocenters. The maximum absolute atomic E-state index is 12.4. The number of fused-ring (bicyclic) bond motifs is 1. The number of nitrogens with one attached hydrogen (secondary N) is 1. The Morgan fingerprint density at radius 2 is 2.04 bits per heavy atom. The molecule has 0 aliphatic heterocycles. The average Bonchev–Trinajstić information content (AvgIpc) is 3.27. The number of anilines is 1. The summed E-state index contributed by atoms with van der Waals surface area (Å²) in [5.74, 6) is 0.762. The van der Waals surface area contributed by atoms with Gasteiger partial charge in [0.15, 0.2) is 5.82 Å². The van der Waals surface area contributed by atoms with E-state index in [1.165, 1.54) is 11.3 Å². The van der Waals surface area contributed by atoms with Crippen molar-refractivity contribution < 1.29 is 4.79 Å². The maximum Gasteiger partial charge on any atom is 0.265 e. The molecule has 0 aliphatic carbocycles. The first-order valence-corrected chi connectivity index (χ1v) is 8.85. The summed E-state index contributed by atoms with van der Waals surface area (Å²) < 4.78 is 2.17. The smallest absolute Gasteiger partial charge is 0.265 e.